The molecule has 0 saturated heterocycles. The highest BCUT2D eigenvalue weighted by Crippen LogP contribution is 2.24. The largest absolute Gasteiger partial charge is 0.497 e. The van der Waals surface area contributed by atoms with Gasteiger partial charge in [-0.05, 0) is 36.2 Å². The second kappa shape index (κ2) is 7.29. The van der Waals surface area contributed by atoms with Crippen LogP contribution in [0.15, 0.2) is 48.5 Å². The van der Waals surface area contributed by atoms with Gasteiger partial charge in [0.2, 0.25) is 0 Å². The zero-order valence-electron chi connectivity index (χ0n) is 12.4. The zero-order chi connectivity index (χ0) is 16.1. The minimum atomic E-state index is -1.26. The van der Waals surface area contributed by atoms with Crippen molar-refractivity contribution < 1.29 is 14.6 Å². The molecule has 2 aromatic carbocycles. The lowest BCUT2D eigenvalue weighted by Crippen LogP contribution is -2.31. The number of methoxy groups -OCH3 is 1. The molecule has 0 radical (unpaired) electrons. The van der Waals surface area contributed by atoms with Crippen LogP contribution in [0.1, 0.15) is 30.2 Å². The van der Waals surface area contributed by atoms with Gasteiger partial charge in [-0.3, -0.25) is 4.79 Å². The lowest BCUT2D eigenvalue weighted by atomic mass is 10.1. The third kappa shape index (κ3) is 3.78. The van der Waals surface area contributed by atoms with Gasteiger partial charge in [0.15, 0.2) is 6.10 Å². The lowest BCUT2D eigenvalue weighted by Gasteiger charge is -2.18. The predicted molar refractivity (Wildman–Crippen MR) is 86.0 cm³/mol. The predicted octanol–water partition coefficient (Wildman–Crippen LogP) is 3.26. The SMILES string of the molecule is COc1cccc(C(O)C(=O)NC(C)c2ccccc2Cl)c1. The maximum Gasteiger partial charge on any atom is 0.253 e. The summed E-state index contributed by atoms with van der Waals surface area (Å²) in [6.07, 6.45) is -1.26. The fourth-order valence-electron chi connectivity index (χ4n) is 2.16. The number of ether oxygens (including phenoxy) is 1. The molecular weight excluding hydrogens is 302 g/mol. The van der Waals surface area contributed by atoms with Gasteiger partial charge in [-0.2, -0.15) is 0 Å². The minimum Gasteiger partial charge on any atom is -0.497 e. The maximum absolute atomic E-state index is 12.2. The number of rotatable bonds is 5. The molecule has 2 unspecified atom stereocenters. The molecule has 0 heterocycles. The van der Waals surface area contributed by atoms with E-state index in [2.05, 4.69) is 5.32 Å². The number of hydrogen-bond acceptors (Lipinski definition) is 3. The van der Waals surface area contributed by atoms with Crippen LogP contribution in [0.25, 0.3) is 0 Å². The average molecular weight is 320 g/mol. The number of benzene rings is 2. The number of amides is 1. The summed E-state index contributed by atoms with van der Waals surface area (Å²) in [6, 6.07) is 13.7. The van der Waals surface area contributed by atoms with Crippen LogP contribution in [0.3, 0.4) is 0 Å². The van der Waals surface area contributed by atoms with Crippen LogP contribution in [-0.4, -0.2) is 18.1 Å². The van der Waals surface area contributed by atoms with Crippen molar-refractivity contribution in [3.05, 3.63) is 64.7 Å². The zero-order valence-corrected chi connectivity index (χ0v) is 13.2. The van der Waals surface area contributed by atoms with Crippen molar-refractivity contribution in [2.24, 2.45) is 0 Å². The third-order valence-electron chi connectivity index (χ3n) is 3.39. The Morgan fingerprint density at radius 2 is 1.95 bits per heavy atom. The summed E-state index contributed by atoms with van der Waals surface area (Å²) < 4.78 is 5.09. The molecule has 1 amide bonds. The summed E-state index contributed by atoms with van der Waals surface area (Å²) in [7, 11) is 1.53. The Morgan fingerprint density at radius 1 is 1.23 bits per heavy atom. The van der Waals surface area contributed by atoms with Crippen molar-refractivity contribution in [2.75, 3.05) is 7.11 Å². The molecule has 22 heavy (non-hydrogen) atoms. The molecule has 2 atom stereocenters. The molecule has 5 heteroatoms. The van der Waals surface area contributed by atoms with Crippen molar-refractivity contribution in [2.45, 2.75) is 19.1 Å². The van der Waals surface area contributed by atoms with Crippen molar-refractivity contribution in [1.82, 2.24) is 5.32 Å². The van der Waals surface area contributed by atoms with Gasteiger partial charge in [-0.15, -0.1) is 0 Å². The van der Waals surface area contributed by atoms with E-state index in [1.807, 2.05) is 25.1 Å². The van der Waals surface area contributed by atoms with Gasteiger partial charge in [-0.25, -0.2) is 0 Å². The Labute approximate surface area is 134 Å². The van der Waals surface area contributed by atoms with E-state index in [1.165, 1.54) is 7.11 Å². The summed E-state index contributed by atoms with van der Waals surface area (Å²) in [5, 5.41) is 13.5. The molecule has 0 aliphatic heterocycles. The first kappa shape index (κ1) is 16.3. The van der Waals surface area contributed by atoms with Gasteiger partial charge < -0.3 is 15.2 Å². The lowest BCUT2D eigenvalue weighted by molar-refractivity contribution is -0.130. The van der Waals surface area contributed by atoms with Crippen LogP contribution < -0.4 is 10.1 Å². The topological polar surface area (TPSA) is 58.6 Å². The Balaban J connectivity index is 2.09. The Bertz CT molecular complexity index is 660. The molecular formula is C17H18ClNO3. The van der Waals surface area contributed by atoms with E-state index in [9.17, 15) is 9.90 Å². The molecule has 2 aromatic rings. The average Bonchev–Trinajstić information content (AvgIpc) is 2.54. The minimum absolute atomic E-state index is 0.304. The van der Waals surface area contributed by atoms with Crippen LogP contribution in [0.2, 0.25) is 5.02 Å². The molecule has 0 aliphatic rings. The molecule has 0 aromatic heterocycles. The monoisotopic (exact) mass is 319 g/mol. The molecule has 0 saturated carbocycles. The molecule has 0 spiro atoms. The number of halogens is 1. The number of hydrogen-bond donors (Lipinski definition) is 2. The molecule has 0 fully saturated rings. The fourth-order valence-corrected chi connectivity index (χ4v) is 2.46. The van der Waals surface area contributed by atoms with Crippen LogP contribution in [0.4, 0.5) is 0 Å². The van der Waals surface area contributed by atoms with E-state index < -0.39 is 12.0 Å². The van der Waals surface area contributed by atoms with Gasteiger partial charge in [0.05, 0.1) is 13.2 Å². The maximum atomic E-state index is 12.2. The van der Waals surface area contributed by atoms with Gasteiger partial charge in [0, 0.05) is 5.02 Å². The second-order valence-electron chi connectivity index (χ2n) is 4.93. The molecule has 0 bridgehead atoms. The van der Waals surface area contributed by atoms with Crippen LogP contribution in [0, 0.1) is 0 Å². The molecule has 2 rings (SSSR count). The smallest absolute Gasteiger partial charge is 0.253 e. The van der Waals surface area contributed by atoms with E-state index in [4.69, 9.17) is 16.3 Å². The Hall–Kier alpha value is -2.04. The van der Waals surface area contributed by atoms with Crippen LogP contribution in [-0.2, 0) is 4.79 Å². The Morgan fingerprint density at radius 3 is 2.64 bits per heavy atom. The first-order chi connectivity index (χ1) is 10.5. The molecule has 2 N–H and O–H groups in total. The molecule has 0 aliphatic carbocycles. The quantitative estimate of drug-likeness (QED) is 0.889. The number of nitrogens with one attached hydrogen (secondary N) is 1. The van der Waals surface area contributed by atoms with E-state index in [1.54, 1.807) is 30.3 Å². The van der Waals surface area contributed by atoms with Gasteiger partial charge in [0.1, 0.15) is 5.75 Å². The van der Waals surface area contributed by atoms with Gasteiger partial charge >= 0.3 is 0 Å². The normalized spacial score (nSPS) is 13.3. The van der Waals surface area contributed by atoms with Gasteiger partial charge in [0.25, 0.3) is 5.91 Å². The van der Waals surface area contributed by atoms with Gasteiger partial charge in [-0.1, -0.05) is 41.9 Å². The highest BCUT2D eigenvalue weighted by Gasteiger charge is 2.20. The van der Waals surface area contributed by atoms with E-state index in [0.717, 1.165) is 5.56 Å². The highest BCUT2D eigenvalue weighted by atomic mass is 35.5. The third-order valence-corrected chi connectivity index (χ3v) is 3.73. The van der Waals surface area contributed by atoms with Crippen molar-refractivity contribution >= 4 is 17.5 Å². The van der Waals surface area contributed by atoms with Crippen molar-refractivity contribution in [3.8, 4) is 5.75 Å². The van der Waals surface area contributed by atoms with E-state index >= 15 is 0 Å². The second-order valence-corrected chi connectivity index (χ2v) is 5.34. The number of aliphatic hydroxyl groups excluding tert-OH is 1. The molecule has 4 nitrogen and oxygen atoms in total. The van der Waals surface area contributed by atoms with Crippen molar-refractivity contribution in [1.29, 1.82) is 0 Å². The van der Waals surface area contributed by atoms with Crippen LogP contribution in [0.5, 0.6) is 5.75 Å². The fraction of sp³-hybridized carbons (Fsp3) is 0.235. The summed E-state index contributed by atoms with van der Waals surface area (Å²) in [4.78, 5) is 12.2. The van der Waals surface area contributed by atoms with E-state index in [-0.39, 0.29) is 6.04 Å². The standard InChI is InChI=1S/C17H18ClNO3/c1-11(14-8-3-4-9-15(14)18)19-17(21)16(20)12-6-5-7-13(10-12)22-2/h3-11,16,20H,1-2H3,(H,19,21). The summed E-state index contributed by atoms with van der Waals surface area (Å²) in [5.74, 6) is 0.101. The number of carbonyl (C=O) groups is 1. The summed E-state index contributed by atoms with van der Waals surface area (Å²) >= 11 is 6.11. The summed E-state index contributed by atoms with van der Waals surface area (Å²) in [6.45, 7) is 1.82. The number of carbonyl (C=O) groups excluding carboxylic acids is 1. The Kier molecular flexibility index (Phi) is 5.41. The first-order valence-electron chi connectivity index (χ1n) is 6.89. The van der Waals surface area contributed by atoms with E-state index in [0.29, 0.717) is 16.3 Å². The summed E-state index contributed by atoms with van der Waals surface area (Å²) in [5.41, 5.74) is 1.28. The number of aliphatic hydroxyl groups is 1. The van der Waals surface area contributed by atoms with Crippen molar-refractivity contribution in [3.63, 3.8) is 0 Å². The molecule has 116 valence electrons. The first-order valence-corrected chi connectivity index (χ1v) is 7.27. The van der Waals surface area contributed by atoms with Crippen LogP contribution >= 0.6 is 11.6 Å². The highest BCUT2D eigenvalue weighted by molar-refractivity contribution is 6.31.